The molecule has 2 saturated carbocycles. The van der Waals surface area contributed by atoms with Gasteiger partial charge in [0.2, 0.25) is 11.6 Å². The number of hydrogen-bond donors (Lipinski definition) is 2. The number of hydrogen-bond acceptors (Lipinski definition) is 6. The maximum Gasteiger partial charge on any atom is 0.343 e. The summed E-state index contributed by atoms with van der Waals surface area (Å²) in [5, 5.41) is 10.3. The van der Waals surface area contributed by atoms with Gasteiger partial charge in [-0.2, -0.15) is 0 Å². The minimum absolute atomic E-state index is 0.284. The Bertz CT molecular complexity index is 1120. The molecule has 0 spiro atoms. The summed E-state index contributed by atoms with van der Waals surface area (Å²) in [4.78, 5) is 26.0. The molecule has 2 fully saturated rings. The molecule has 0 bridgehead atoms. The zero-order valence-corrected chi connectivity index (χ0v) is 18.6. The molecule has 3 aromatic heterocycles. The number of fused-ring (bicyclic) bond motifs is 1. The molecule has 2 aliphatic carbocycles. The highest BCUT2D eigenvalue weighted by Crippen LogP contribution is 2.34. The predicted octanol–water partition coefficient (Wildman–Crippen LogP) is 3.34. The summed E-state index contributed by atoms with van der Waals surface area (Å²) in [5.41, 5.74) is 1.31. The molecule has 5 rings (SSSR count). The Hall–Kier alpha value is -2.71. The molecule has 0 amide bonds. The molecule has 0 unspecified atom stereocenters. The van der Waals surface area contributed by atoms with Crippen LogP contribution in [0.3, 0.4) is 0 Å². The number of aromatic amines is 1. The van der Waals surface area contributed by atoms with Crippen molar-refractivity contribution in [1.82, 2.24) is 34.3 Å². The highest BCUT2D eigenvalue weighted by Gasteiger charge is 2.27. The van der Waals surface area contributed by atoms with E-state index in [0.717, 1.165) is 23.8 Å². The van der Waals surface area contributed by atoms with Crippen LogP contribution in [-0.4, -0.2) is 40.3 Å². The highest BCUT2D eigenvalue weighted by atomic mass is 16.1. The third-order valence-corrected chi connectivity index (χ3v) is 7.36. The van der Waals surface area contributed by atoms with Crippen LogP contribution in [0.25, 0.3) is 22.8 Å². The van der Waals surface area contributed by atoms with Crippen molar-refractivity contribution in [3.05, 3.63) is 16.8 Å². The second kappa shape index (κ2) is 8.09. The molecule has 166 valence electrons. The molecule has 31 heavy (non-hydrogen) atoms. The molecule has 9 heteroatoms. The van der Waals surface area contributed by atoms with Gasteiger partial charge in [0, 0.05) is 19.6 Å². The Morgan fingerprint density at radius 2 is 1.97 bits per heavy atom. The number of nitrogens with one attached hydrogen (secondary N) is 2. The Kier molecular flexibility index (Phi) is 5.27. The fraction of sp³-hybridized carbons (Fsp3) is 0.682. The van der Waals surface area contributed by atoms with Crippen molar-refractivity contribution >= 4 is 17.0 Å². The second-order valence-corrected chi connectivity index (χ2v) is 9.63. The summed E-state index contributed by atoms with van der Waals surface area (Å²) >= 11 is 0. The van der Waals surface area contributed by atoms with Crippen LogP contribution in [0.2, 0.25) is 0 Å². The monoisotopic (exact) mass is 424 g/mol. The van der Waals surface area contributed by atoms with Crippen LogP contribution < -0.4 is 11.0 Å². The number of nitrogens with zero attached hydrogens (tertiary/aromatic N) is 6. The Morgan fingerprint density at radius 1 is 1.19 bits per heavy atom. The smallest absolute Gasteiger partial charge is 0.343 e. The quantitative estimate of drug-likeness (QED) is 0.629. The van der Waals surface area contributed by atoms with Crippen molar-refractivity contribution in [2.24, 2.45) is 24.8 Å². The van der Waals surface area contributed by atoms with E-state index in [1.165, 1.54) is 49.5 Å². The highest BCUT2D eigenvalue weighted by molar-refractivity contribution is 5.85. The van der Waals surface area contributed by atoms with Gasteiger partial charge < -0.3 is 9.88 Å². The third kappa shape index (κ3) is 3.85. The molecule has 2 N–H and O–H groups in total. The molecular weight excluding hydrogens is 392 g/mol. The van der Waals surface area contributed by atoms with E-state index in [0.29, 0.717) is 35.2 Å². The lowest BCUT2D eigenvalue weighted by Crippen LogP contribution is -2.31. The summed E-state index contributed by atoms with van der Waals surface area (Å²) in [7, 11) is 1.67. The van der Waals surface area contributed by atoms with Gasteiger partial charge >= 0.3 is 5.69 Å². The first-order chi connectivity index (χ1) is 15.0. The first-order valence-electron chi connectivity index (χ1n) is 11.6. The minimum atomic E-state index is -0.284. The Labute approximate surface area is 181 Å². The lowest BCUT2D eigenvalue weighted by Gasteiger charge is -2.32. The van der Waals surface area contributed by atoms with E-state index in [4.69, 9.17) is 4.98 Å². The van der Waals surface area contributed by atoms with Crippen LogP contribution in [0.4, 0.5) is 5.82 Å². The van der Waals surface area contributed by atoms with Gasteiger partial charge in [-0.25, -0.2) is 24.8 Å². The lowest BCUT2D eigenvalue weighted by atomic mass is 9.80. The van der Waals surface area contributed by atoms with E-state index in [2.05, 4.69) is 43.9 Å². The Morgan fingerprint density at radius 3 is 2.61 bits per heavy atom. The molecule has 9 nitrogen and oxygen atoms in total. The maximum atomic E-state index is 11.9. The van der Waals surface area contributed by atoms with Gasteiger partial charge in [0.05, 0.1) is 6.33 Å². The molecule has 1 atom stereocenters. The number of rotatable bonds is 6. The first-order valence-corrected chi connectivity index (χ1v) is 11.6. The zero-order chi connectivity index (χ0) is 21.5. The maximum absolute atomic E-state index is 11.9. The normalized spacial score (nSPS) is 23.1. The number of anilines is 1. The first kappa shape index (κ1) is 20.2. The van der Waals surface area contributed by atoms with Gasteiger partial charge in [-0.3, -0.25) is 4.57 Å². The van der Waals surface area contributed by atoms with E-state index in [1.807, 2.05) is 6.33 Å². The van der Waals surface area contributed by atoms with Crippen LogP contribution >= 0.6 is 0 Å². The van der Waals surface area contributed by atoms with Crippen LogP contribution in [0.15, 0.2) is 11.1 Å². The SMILES string of the molecule is CC1CCC(Cn2cnc3nc(-c4n[nH]c(=O)n4C)nc(N[C@H](C)C4CCC4)c32)CC1. The van der Waals surface area contributed by atoms with Crippen molar-refractivity contribution in [3.8, 4) is 11.6 Å². The van der Waals surface area contributed by atoms with Crippen molar-refractivity contribution in [1.29, 1.82) is 0 Å². The molecular formula is C22H32N8O. The minimum Gasteiger partial charge on any atom is -0.365 e. The van der Waals surface area contributed by atoms with Gasteiger partial charge in [-0.05, 0) is 50.4 Å². The number of aromatic nitrogens is 7. The van der Waals surface area contributed by atoms with Crippen molar-refractivity contribution < 1.29 is 0 Å². The van der Waals surface area contributed by atoms with Gasteiger partial charge in [0.1, 0.15) is 5.52 Å². The summed E-state index contributed by atoms with van der Waals surface area (Å²) in [6.07, 6.45) is 10.8. The van der Waals surface area contributed by atoms with Crippen LogP contribution in [-0.2, 0) is 13.6 Å². The fourth-order valence-electron chi connectivity index (χ4n) is 4.93. The Balaban J connectivity index is 1.53. The fourth-order valence-corrected chi connectivity index (χ4v) is 4.93. The van der Waals surface area contributed by atoms with Crippen LogP contribution in [0.1, 0.15) is 58.8 Å². The van der Waals surface area contributed by atoms with Gasteiger partial charge in [-0.15, -0.1) is 5.10 Å². The van der Waals surface area contributed by atoms with E-state index in [-0.39, 0.29) is 5.69 Å². The van der Waals surface area contributed by atoms with Crippen LogP contribution in [0.5, 0.6) is 0 Å². The summed E-state index contributed by atoms with van der Waals surface area (Å²) in [6.45, 7) is 5.52. The van der Waals surface area contributed by atoms with Crippen molar-refractivity contribution in [3.63, 3.8) is 0 Å². The predicted molar refractivity (Wildman–Crippen MR) is 120 cm³/mol. The number of H-pyrrole nitrogens is 1. The summed E-state index contributed by atoms with van der Waals surface area (Å²) < 4.78 is 3.65. The van der Waals surface area contributed by atoms with E-state index < -0.39 is 0 Å². The second-order valence-electron chi connectivity index (χ2n) is 9.63. The molecule has 0 saturated heterocycles. The molecule has 3 heterocycles. The topological polar surface area (TPSA) is 106 Å². The molecule has 2 aliphatic rings. The standard InChI is InChI=1S/C22H32N8O/c1-13-7-9-15(10-8-13)11-30-12-23-18-17(30)19(24-14(2)16-5-4-6-16)26-20(25-18)21-27-28-22(31)29(21)3/h12-16H,4-11H2,1-3H3,(H,28,31)(H,24,25,26)/t13?,14-,15?/m1/s1. The average Bonchev–Trinajstić information content (AvgIpc) is 3.26. The van der Waals surface area contributed by atoms with Gasteiger partial charge in [-0.1, -0.05) is 26.2 Å². The molecule has 3 aromatic rings. The van der Waals surface area contributed by atoms with E-state index >= 15 is 0 Å². The van der Waals surface area contributed by atoms with E-state index in [9.17, 15) is 4.79 Å². The van der Waals surface area contributed by atoms with Crippen molar-refractivity contribution in [2.75, 3.05) is 5.32 Å². The molecule has 0 radical (unpaired) electrons. The lowest BCUT2D eigenvalue weighted by molar-refractivity contribution is 0.266. The molecule has 0 aliphatic heterocycles. The molecule has 0 aromatic carbocycles. The van der Waals surface area contributed by atoms with Crippen molar-refractivity contribution in [2.45, 2.75) is 71.4 Å². The third-order valence-electron chi connectivity index (χ3n) is 7.36. The average molecular weight is 425 g/mol. The van der Waals surface area contributed by atoms with Gasteiger partial charge in [0.15, 0.2) is 11.5 Å². The summed E-state index contributed by atoms with van der Waals surface area (Å²) in [5.74, 6) is 3.78. The largest absolute Gasteiger partial charge is 0.365 e. The summed E-state index contributed by atoms with van der Waals surface area (Å²) in [6, 6.07) is 0.321. The zero-order valence-electron chi connectivity index (χ0n) is 18.6. The number of imidazole rings is 1. The van der Waals surface area contributed by atoms with E-state index in [1.54, 1.807) is 7.05 Å². The van der Waals surface area contributed by atoms with Crippen LogP contribution in [0, 0.1) is 17.8 Å². The van der Waals surface area contributed by atoms with Gasteiger partial charge in [0.25, 0.3) is 0 Å².